The van der Waals surface area contributed by atoms with E-state index in [2.05, 4.69) is 20.1 Å². The van der Waals surface area contributed by atoms with Gasteiger partial charge in [0.25, 0.3) is 0 Å². The van der Waals surface area contributed by atoms with Crippen molar-refractivity contribution in [3.8, 4) is 0 Å². The Hall–Kier alpha value is -4.75. The van der Waals surface area contributed by atoms with Crippen molar-refractivity contribution in [2.75, 3.05) is 185 Å². The highest BCUT2D eigenvalue weighted by Gasteiger charge is 2.33. The molecule has 2 aliphatic rings. The molecule has 0 aliphatic carbocycles. The zero-order chi connectivity index (χ0) is 49.6. The normalized spacial score (nSPS) is 19.8. The number of benzene rings is 1. The van der Waals surface area contributed by atoms with Gasteiger partial charge in [-0.3, -0.25) is 19.5 Å². The number of carboxylic acids is 1. The number of anilines is 1. The summed E-state index contributed by atoms with van der Waals surface area (Å²) in [5, 5.41) is 14.4. The van der Waals surface area contributed by atoms with E-state index in [1.807, 2.05) is 23.1 Å². The number of nitrogens with zero attached hydrogens (tertiary/aromatic N) is 5. The number of pyridine rings is 2. The number of carbonyl (C=O) groups is 3. The molecule has 388 valence electrons. The molecule has 21 nitrogen and oxygen atoms in total. The lowest BCUT2D eigenvalue weighted by Gasteiger charge is -2.35. The molecule has 1 aromatic carbocycles. The van der Waals surface area contributed by atoms with Gasteiger partial charge in [0.15, 0.2) is 0 Å². The molecule has 2 saturated heterocycles. The fourth-order valence-electron chi connectivity index (χ4n) is 7.87. The third kappa shape index (κ3) is 20.2. The summed E-state index contributed by atoms with van der Waals surface area (Å²) in [4.78, 5) is 54.1. The molecule has 21 heteroatoms. The SMILES string of the molecule is COC(=O)c1cccc(CN2CCOCCOCCN(C(c3cccc(C(=O)OC)n3)c3ccc(N)cc3C(CN3CCOCCOCCNCCOCCOCC3)C(=O)O)CCOCCOCC2)n1. The van der Waals surface area contributed by atoms with Crippen LogP contribution in [-0.2, 0) is 58.7 Å². The van der Waals surface area contributed by atoms with Gasteiger partial charge >= 0.3 is 17.9 Å². The largest absolute Gasteiger partial charge is 0.481 e. The van der Waals surface area contributed by atoms with Crippen LogP contribution in [0.15, 0.2) is 54.6 Å². The Bertz CT molecular complexity index is 1950. The summed E-state index contributed by atoms with van der Waals surface area (Å²) >= 11 is 0. The molecule has 70 heavy (non-hydrogen) atoms. The van der Waals surface area contributed by atoms with E-state index in [-0.39, 0.29) is 31.1 Å². The molecule has 2 atom stereocenters. The lowest BCUT2D eigenvalue weighted by Crippen LogP contribution is -2.39. The first-order valence-electron chi connectivity index (χ1n) is 24.0. The lowest BCUT2D eigenvalue weighted by molar-refractivity contribution is -0.139. The van der Waals surface area contributed by atoms with E-state index in [0.29, 0.717) is 174 Å². The predicted molar refractivity (Wildman–Crippen MR) is 257 cm³/mol. The summed E-state index contributed by atoms with van der Waals surface area (Å²) in [6, 6.07) is 15.0. The summed E-state index contributed by atoms with van der Waals surface area (Å²) in [5.41, 5.74) is 9.55. The summed E-state index contributed by atoms with van der Waals surface area (Å²) in [6.45, 7) is 10.9. The van der Waals surface area contributed by atoms with E-state index >= 15 is 0 Å². The van der Waals surface area contributed by atoms with E-state index in [9.17, 15) is 19.5 Å². The van der Waals surface area contributed by atoms with Crippen LogP contribution in [0.25, 0.3) is 0 Å². The monoisotopic (exact) mass is 984 g/mol. The van der Waals surface area contributed by atoms with E-state index in [0.717, 1.165) is 5.69 Å². The van der Waals surface area contributed by atoms with Crippen LogP contribution in [0.3, 0.4) is 0 Å². The minimum absolute atomic E-state index is 0.0975. The van der Waals surface area contributed by atoms with Crippen LogP contribution in [0.5, 0.6) is 0 Å². The molecule has 4 N–H and O–H groups in total. The number of nitrogens with two attached hydrogens (primary N) is 1. The summed E-state index contributed by atoms with van der Waals surface area (Å²) in [7, 11) is 2.62. The van der Waals surface area contributed by atoms with Gasteiger partial charge in [-0.2, -0.15) is 0 Å². The van der Waals surface area contributed by atoms with Gasteiger partial charge in [0.05, 0.1) is 143 Å². The number of hydrogen-bond donors (Lipinski definition) is 3. The van der Waals surface area contributed by atoms with Crippen molar-refractivity contribution in [2.45, 2.75) is 18.5 Å². The number of rotatable bonds is 11. The second-order valence-corrected chi connectivity index (χ2v) is 16.4. The Morgan fingerprint density at radius 2 is 1.07 bits per heavy atom. The maximum Gasteiger partial charge on any atom is 0.356 e. The van der Waals surface area contributed by atoms with Crippen LogP contribution in [0, 0.1) is 0 Å². The number of ether oxygens (including phenoxy) is 10. The highest BCUT2D eigenvalue weighted by Crippen LogP contribution is 2.35. The van der Waals surface area contributed by atoms with E-state index in [1.165, 1.54) is 14.2 Å². The third-order valence-corrected chi connectivity index (χ3v) is 11.5. The molecular weight excluding hydrogens is 911 g/mol. The van der Waals surface area contributed by atoms with Crippen molar-refractivity contribution in [3.63, 3.8) is 0 Å². The maximum atomic E-state index is 13.6. The van der Waals surface area contributed by atoms with Gasteiger partial charge in [-0.25, -0.2) is 19.6 Å². The molecule has 5 rings (SSSR count). The topological polar surface area (TPSA) is 237 Å². The minimum atomic E-state index is -1.05. The first-order valence-corrected chi connectivity index (χ1v) is 24.0. The number of nitrogens with one attached hydrogen (secondary N) is 1. The Kier molecular flexibility index (Phi) is 26.5. The van der Waals surface area contributed by atoms with Crippen LogP contribution in [-0.4, -0.2) is 227 Å². The van der Waals surface area contributed by atoms with Gasteiger partial charge in [-0.1, -0.05) is 18.2 Å². The number of esters is 2. The van der Waals surface area contributed by atoms with Gasteiger partial charge in [0, 0.05) is 71.1 Å². The summed E-state index contributed by atoms with van der Waals surface area (Å²) in [6.07, 6.45) is 0. The first kappa shape index (κ1) is 56.2. The van der Waals surface area contributed by atoms with Gasteiger partial charge < -0.3 is 63.5 Å². The number of nitrogen functional groups attached to an aromatic ring is 1. The third-order valence-electron chi connectivity index (χ3n) is 11.5. The van der Waals surface area contributed by atoms with Crippen LogP contribution >= 0.6 is 0 Å². The van der Waals surface area contributed by atoms with Gasteiger partial charge in [-0.15, -0.1) is 0 Å². The molecule has 2 aliphatic heterocycles. The number of aliphatic carboxylic acids is 1. The van der Waals surface area contributed by atoms with Crippen LogP contribution in [0.4, 0.5) is 5.69 Å². The summed E-state index contributed by atoms with van der Waals surface area (Å²) in [5.74, 6) is -3.21. The van der Waals surface area contributed by atoms with Crippen LogP contribution in [0.1, 0.15) is 55.5 Å². The number of carbonyl (C=O) groups excluding carboxylic acids is 2. The van der Waals surface area contributed by atoms with E-state index in [1.54, 1.807) is 36.4 Å². The average molecular weight is 984 g/mol. The molecule has 2 aromatic heterocycles. The standard InChI is InChI=1S/C49H73N7O14/c1-61-48(59)44-7-3-5-39(52-44)36-54-13-21-65-31-33-69-25-17-56(18-26-70-34-32-66-22-14-54)46(43-6-4-8-45(53-43)49(60)62-2)40-10-9-38(50)35-41(40)42(47(57)58)37-55-15-23-67-29-27-63-19-11-51-12-20-64-28-30-68-24-16-55/h3-10,35,42,46,51H,11-34,36-37,50H2,1-2H3,(H,57,58). The van der Waals surface area contributed by atoms with Crippen molar-refractivity contribution in [3.05, 3.63) is 88.5 Å². The molecule has 0 amide bonds. The second kappa shape index (κ2) is 33.0. The fourth-order valence-corrected chi connectivity index (χ4v) is 7.87. The fraction of sp³-hybridized carbons (Fsp3) is 0.612. The van der Waals surface area contributed by atoms with Gasteiger partial charge in [0.1, 0.15) is 11.4 Å². The lowest BCUT2D eigenvalue weighted by atomic mass is 9.87. The molecule has 0 spiro atoms. The number of methoxy groups -OCH3 is 2. The zero-order valence-electron chi connectivity index (χ0n) is 40.8. The predicted octanol–water partition coefficient (Wildman–Crippen LogP) is 1.75. The van der Waals surface area contributed by atoms with E-state index in [4.69, 9.17) is 58.1 Å². The number of aromatic nitrogens is 2. The molecule has 0 radical (unpaired) electrons. The molecule has 2 unspecified atom stereocenters. The van der Waals surface area contributed by atoms with Crippen molar-refractivity contribution >= 4 is 23.6 Å². The highest BCUT2D eigenvalue weighted by molar-refractivity contribution is 5.87. The zero-order valence-corrected chi connectivity index (χ0v) is 40.8. The minimum Gasteiger partial charge on any atom is -0.481 e. The molecule has 0 bridgehead atoms. The number of carboxylic acid groups (broad SMARTS) is 1. The van der Waals surface area contributed by atoms with Crippen molar-refractivity contribution in [1.82, 2.24) is 30.0 Å². The van der Waals surface area contributed by atoms with Crippen molar-refractivity contribution < 1.29 is 66.9 Å². The summed E-state index contributed by atoms with van der Waals surface area (Å²) < 4.78 is 57.5. The first-order chi connectivity index (χ1) is 34.3. The Morgan fingerprint density at radius 3 is 1.59 bits per heavy atom. The van der Waals surface area contributed by atoms with Gasteiger partial charge in [0.2, 0.25) is 0 Å². The molecule has 3 aromatic rings. The highest BCUT2D eigenvalue weighted by atomic mass is 16.5. The van der Waals surface area contributed by atoms with Crippen LogP contribution < -0.4 is 11.1 Å². The Balaban J connectivity index is 1.36. The second-order valence-electron chi connectivity index (χ2n) is 16.4. The van der Waals surface area contributed by atoms with Gasteiger partial charge in [-0.05, 0) is 47.5 Å². The number of hydrogen-bond acceptors (Lipinski definition) is 20. The van der Waals surface area contributed by atoms with Crippen LogP contribution in [0.2, 0.25) is 0 Å². The Labute approximate surface area is 411 Å². The molecule has 2 fully saturated rings. The molecular formula is C49H73N7O14. The quantitative estimate of drug-likeness (QED) is 0.183. The average Bonchev–Trinajstić information content (AvgIpc) is 3.36. The van der Waals surface area contributed by atoms with E-state index < -0.39 is 29.9 Å². The Morgan fingerprint density at radius 1 is 0.600 bits per heavy atom. The van der Waals surface area contributed by atoms with Crippen molar-refractivity contribution in [2.24, 2.45) is 0 Å². The molecule has 4 heterocycles. The van der Waals surface area contributed by atoms with Crippen molar-refractivity contribution in [1.29, 1.82) is 0 Å². The maximum absolute atomic E-state index is 13.6. The smallest absolute Gasteiger partial charge is 0.356 e. The molecule has 0 saturated carbocycles.